The quantitative estimate of drug-likeness (QED) is 0.790. The van der Waals surface area contributed by atoms with Gasteiger partial charge >= 0.3 is 0 Å². The normalized spacial score (nSPS) is 14.6. The Balaban J connectivity index is 1.80. The van der Waals surface area contributed by atoms with Crippen molar-refractivity contribution in [1.82, 2.24) is 4.98 Å². The van der Waals surface area contributed by atoms with Gasteiger partial charge in [-0.05, 0) is 42.7 Å². The molecule has 3 N–H and O–H groups in total. The molecule has 0 atom stereocenters. The van der Waals surface area contributed by atoms with Gasteiger partial charge in [0, 0.05) is 23.5 Å². The Hall–Kier alpha value is -2.03. The maximum absolute atomic E-state index is 5.67. The lowest BCUT2D eigenvalue weighted by atomic mass is 10.1. The highest BCUT2D eigenvalue weighted by Crippen LogP contribution is 2.25. The van der Waals surface area contributed by atoms with E-state index in [0.29, 0.717) is 6.04 Å². The molecule has 86 valence electrons. The first-order valence-corrected chi connectivity index (χ1v) is 5.90. The topological polar surface area (TPSA) is 50.9 Å². The van der Waals surface area contributed by atoms with Gasteiger partial charge < -0.3 is 11.1 Å². The molecule has 0 amide bonds. The van der Waals surface area contributed by atoms with E-state index in [4.69, 9.17) is 5.73 Å². The Morgan fingerprint density at radius 3 is 2.29 bits per heavy atom. The van der Waals surface area contributed by atoms with E-state index in [1.165, 1.54) is 12.8 Å². The lowest BCUT2D eigenvalue weighted by Crippen LogP contribution is -2.02. The molecular weight excluding hydrogens is 210 g/mol. The van der Waals surface area contributed by atoms with E-state index in [1.807, 2.05) is 36.5 Å². The number of hydrogen-bond donors (Lipinski definition) is 2. The van der Waals surface area contributed by atoms with Crippen molar-refractivity contribution in [2.75, 3.05) is 11.1 Å². The van der Waals surface area contributed by atoms with Gasteiger partial charge in [0.25, 0.3) is 0 Å². The molecule has 0 aliphatic heterocycles. The highest BCUT2D eigenvalue weighted by atomic mass is 15.0. The molecule has 17 heavy (non-hydrogen) atoms. The van der Waals surface area contributed by atoms with Gasteiger partial charge in [-0.2, -0.15) is 0 Å². The molecule has 1 saturated carbocycles. The second-order valence-corrected chi connectivity index (χ2v) is 4.47. The average molecular weight is 225 g/mol. The highest BCUT2D eigenvalue weighted by Gasteiger charge is 2.20. The Bertz CT molecular complexity index is 498. The summed E-state index contributed by atoms with van der Waals surface area (Å²) < 4.78 is 0. The number of nitrogens with zero attached hydrogens (tertiary/aromatic N) is 1. The number of nitrogens with one attached hydrogen (secondary N) is 1. The molecule has 1 aliphatic rings. The third-order valence-corrected chi connectivity index (χ3v) is 2.94. The zero-order valence-corrected chi connectivity index (χ0v) is 9.56. The molecule has 2 aromatic rings. The van der Waals surface area contributed by atoms with Crippen LogP contribution in [0.1, 0.15) is 12.8 Å². The number of nitrogens with two attached hydrogens (primary N) is 1. The summed E-state index contributed by atoms with van der Waals surface area (Å²) in [5.41, 5.74) is 8.71. The molecule has 1 heterocycles. The van der Waals surface area contributed by atoms with Crippen LogP contribution in [0, 0.1) is 0 Å². The molecule has 0 spiro atoms. The maximum Gasteiger partial charge on any atom is 0.126 e. The minimum atomic E-state index is 0.643. The molecule has 1 fully saturated rings. The van der Waals surface area contributed by atoms with E-state index in [9.17, 15) is 0 Å². The number of hydrogen-bond acceptors (Lipinski definition) is 3. The molecule has 1 aliphatic carbocycles. The van der Waals surface area contributed by atoms with Crippen LogP contribution in [0.5, 0.6) is 0 Å². The van der Waals surface area contributed by atoms with Gasteiger partial charge in [0.05, 0.1) is 0 Å². The van der Waals surface area contributed by atoms with Crippen molar-refractivity contribution in [3.8, 4) is 11.1 Å². The average Bonchev–Trinajstić information content (AvgIpc) is 3.15. The largest absolute Gasteiger partial charge is 0.399 e. The van der Waals surface area contributed by atoms with Crippen molar-refractivity contribution in [3.05, 3.63) is 42.6 Å². The third kappa shape index (κ3) is 2.38. The van der Waals surface area contributed by atoms with E-state index < -0.39 is 0 Å². The summed E-state index contributed by atoms with van der Waals surface area (Å²) in [6, 6.07) is 12.6. The van der Waals surface area contributed by atoms with Crippen LogP contribution in [-0.2, 0) is 0 Å². The molecule has 1 aromatic carbocycles. The van der Waals surface area contributed by atoms with Crippen molar-refractivity contribution in [2.24, 2.45) is 0 Å². The zero-order valence-electron chi connectivity index (χ0n) is 9.56. The second-order valence-electron chi connectivity index (χ2n) is 4.47. The van der Waals surface area contributed by atoms with E-state index >= 15 is 0 Å². The van der Waals surface area contributed by atoms with Gasteiger partial charge in [-0.1, -0.05) is 12.1 Å². The molecule has 3 heteroatoms. The predicted molar refractivity (Wildman–Crippen MR) is 70.7 cm³/mol. The first-order valence-electron chi connectivity index (χ1n) is 5.90. The minimum Gasteiger partial charge on any atom is -0.399 e. The Morgan fingerprint density at radius 1 is 1.00 bits per heavy atom. The van der Waals surface area contributed by atoms with Crippen LogP contribution in [0.15, 0.2) is 42.6 Å². The van der Waals surface area contributed by atoms with Gasteiger partial charge in [0.1, 0.15) is 5.82 Å². The number of pyridine rings is 1. The molecule has 1 aromatic heterocycles. The summed E-state index contributed by atoms with van der Waals surface area (Å²) in [5, 5.41) is 3.37. The second kappa shape index (κ2) is 4.09. The molecule has 3 nitrogen and oxygen atoms in total. The Labute approximate surface area is 101 Å². The summed E-state index contributed by atoms with van der Waals surface area (Å²) in [6.45, 7) is 0. The van der Waals surface area contributed by atoms with Crippen LogP contribution in [0.2, 0.25) is 0 Å². The molecule has 0 bridgehead atoms. The summed E-state index contributed by atoms with van der Waals surface area (Å²) in [4.78, 5) is 4.42. The number of nitrogen functional groups attached to an aromatic ring is 1. The zero-order chi connectivity index (χ0) is 11.7. The minimum absolute atomic E-state index is 0.643. The Kier molecular flexibility index (Phi) is 2.44. The molecule has 3 rings (SSSR count). The summed E-state index contributed by atoms with van der Waals surface area (Å²) in [7, 11) is 0. The first-order chi connectivity index (χ1) is 8.31. The number of rotatable bonds is 3. The summed E-state index contributed by atoms with van der Waals surface area (Å²) >= 11 is 0. The van der Waals surface area contributed by atoms with Crippen LogP contribution in [0.4, 0.5) is 11.5 Å². The van der Waals surface area contributed by atoms with Gasteiger partial charge in [0.15, 0.2) is 0 Å². The Morgan fingerprint density at radius 2 is 1.71 bits per heavy atom. The monoisotopic (exact) mass is 225 g/mol. The lowest BCUT2D eigenvalue weighted by molar-refractivity contribution is 1.11. The standard InChI is InChI=1S/C14H15N3/c15-12-4-1-10(2-5-12)11-3-8-14(16-9-11)17-13-6-7-13/h1-5,8-9,13H,6-7,15H2,(H,16,17). The van der Waals surface area contributed by atoms with Crippen molar-refractivity contribution < 1.29 is 0 Å². The van der Waals surface area contributed by atoms with Gasteiger partial charge in [-0.25, -0.2) is 4.98 Å². The van der Waals surface area contributed by atoms with E-state index in [-0.39, 0.29) is 0 Å². The molecule has 0 saturated heterocycles. The summed E-state index contributed by atoms with van der Waals surface area (Å²) in [5.74, 6) is 0.965. The summed E-state index contributed by atoms with van der Waals surface area (Å²) in [6.07, 6.45) is 4.43. The van der Waals surface area contributed by atoms with Crippen LogP contribution in [0.3, 0.4) is 0 Å². The van der Waals surface area contributed by atoms with Gasteiger partial charge in [-0.3, -0.25) is 0 Å². The van der Waals surface area contributed by atoms with Crippen LogP contribution >= 0.6 is 0 Å². The fraction of sp³-hybridized carbons (Fsp3) is 0.214. The fourth-order valence-corrected chi connectivity index (χ4v) is 1.76. The number of benzene rings is 1. The maximum atomic E-state index is 5.67. The predicted octanol–water partition coefficient (Wildman–Crippen LogP) is 2.91. The van der Waals surface area contributed by atoms with Gasteiger partial charge in [-0.15, -0.1) is 0 Å². The molecule has 0 radical (unpaired) electrons. The first kappa shape index (κ1) is 10.1. The van der Waals surface area contributed by atoms with Crippen molar-refractivity contribution in [1.29, 1.82) is 0 Å². The highest BCUT2D eigenvalue weighted by molar-refractivity contribution is 5.65. The number of aromatic nitrogens is 1. The molecule has 0 unspecified atom stereocenters. The van der Waals surface area contributed by atoms with Crippen molar-refractivity contribution in [3.63, 3.8) is 0 Å². The van der Waals surface area contributed by atoms with Crippen LogP contribution < -0.4 is 11.1 Å². The SMILES string of the molecule is Nc1ccc(-c2ccc(NC3CC3)nc2)cc1. The van der Waals surface area contributed by atoms with Crippen LogP contribution in [-0.4, -0.2) is 11.0 Å². The molecular formula is C14H15N3. The van der Waals surface area contributed by atoms with Crippen LogP contribution in [0.25, 0.3) is 11.1 Å². The number of anilines is 2. The van der Waals surface area contributed by atoms with Gasteiger partial charge in [0.2, 0.25) is 0 Å². The van der Waals surface area contributed by atoms with Crippen molar-refractivity contribution >= 4 is 11.5 Å². The van der Waals surface area contributed by atoms with E-state index in [1.54, 1.807) is 0 Å². The van der Waals surface area contributed by atoms with E-state index in [0.717, 1.165) is 22.6 Å². The van der Waals surface area contributed by atoms with E-state index in [2.05, 4.69) is 16.4 Å². The third-order valence-electron chi connectivity index (χ3n) is 2.94. The smallest absolute Gasteiger partial charge is 0.126 e. The lowest BCUT2D eigenvalue weighted by Gasteiger charge is -2.05. The fourth-order valence-electron chi connectivity index (χ4n) is 1.76. The van der Waals surface area contributed by atoms with Crippen molar-refractivity contribution in [2.45, 2.75) is 18.9 Å².